The minimum atomic E-state index is -5.57. The number of nitrogens with zero attached hydrogens (tertiary/aromatic N) is 8. The van der Waals surface area contributed by atoms with Gasteiger partial charge in [-0.1, -0.05) is 0 Å². The van der Waals surface area contributed by atoms with Crippen LogP contribution < -0.4 is 19.2 Å². The van der Waals surface area contributed by atoms with Crippen molar-refractivity contribution in [3.8, 4) is 23.0 Å². The van der Waals surface area contributed by atoms with Crippen molar-refractivity contribution in [3.05, 3.63) is 72.8 Å². The van der Waals surface area contributed by atoms with E-state index in [1.165, 1.54) is 13.2 Å². The Labute approximate surface area is 393 Å². The van der Waals surface area contributed by atoms with Gasteiger partial charge in [0, 0.05) is 29.0 Å². The third kappa shape index (κ3) is 11.3. The molecule has 1 aliphatic heterocycles. The maximum atomic E-state index is 13.4. The molecule has 6 rings (SSSR count). The van der Waals surface area contributed by atoms with Crippen molar-refractivity contribution < 1.29 is 96.1 Å². The first-order valence-corrected chi connectivity index (χ1v) is 24.6. The number of aliphatic carboxylic acids is 1. The van der Waals surface area contributed by atoms with Gasteiger partial charge >= 0.3 is 5.97 Å². The van der Waals surface area contributed by atoms with Crippen molar-refractivity contribution in [2.75, 3.05) is 38.5 Å². The van der Waals surface area contributed by atoms with Crippen molar-refractivity contribution in [1.82, 2.24) is 0 Å². The lowest BCUT2D eigenvalue weighted by molar-refractivity contribution is -0.130. The summed E-state index contributed by atoms with van der Waals surface area (Å²) in [6.45, 7) is -2.03. The second kappa shape index (κ2) is 20.2. The number of fused-ring (bicyclic) bond motifs is 1. The molecular formula is C37H32N8O21S4. The molecular weight excluding hydrogens is 1020 g/mol. The van der Waals surface area contributed by atoms with Crippen molar-refractivity contribution in [2.24, 2.45) is 35.8 Å². The van der Waals surface area contributed by atoms with Crippen LogP contribution in [0.25, 0.3) is 10.8 Å². The van der Waals surface area contributed by atoms with Crippen molar-refractivity contribution in [1.29, 1.82) is 0 Å². The molecule has 0 radical (unpaired) electrons. The van der Waals surface area contributed by atoms with E-state index in [0.717, 1.165) is 60.7 Å². The molecule has 0 saturated heterocycles. The number of benzene rings is 5. The highest BCUT2D eigenvalue weighted by Crippen LogP contribution is 2.47. The first kappa shape index (κ1) is 51.9. The summed E-state index contributed by atoms with van der Waals surface area (Å²) in [7, 11) is -19.5. The van der Waals surface area contributed by atoms with E-state index in [4.69, 9.17) is 14.2 Å². The Kier molecular flexibility index (Phi) is 15.0. The number of ether oxygens (including phenoxy) is 3. The number of hydrogen-bond acceptors (Lipinski definition) is 23. The number of hydrogen-bond donors (Lipinski definition) is 8. The zero-order chi connectivity index (χ0) is 51.5. The van der Waals surface area contributed by atoms with Gasteiger partial charge in [-0.05, 0) is 54.6 Å². The average Bonchev–Trinajstić information content (AvgIpc) is 3.62. The Morgan fingerprint density at radius 2 is 1.21 bits per heavy atom. The van der Waals surface area contributed by atoms with Crippen LogP contribution in [-0.4, -0.2) is 129 Å². The van der Waals surface area contributed by atoms with Crippen molar-refractivity contribution in [2.45, 2.75) is 25.6 Å². The van der Waals surface area contributed by atoms with E-state index in [1.54, 1.807) is 0 Å². The molecule has 0 spiro atoms. The van der Waals surface area contributed by atoms with Gasteiger partial charge in [0.05, 0.1) is 30.9 Å². The van der Waals surface area contributed by atoms with E-state index >= 15 is 0 Å². The van der Waals surface area contributed by atoms with E-state index < -0.39 is 149 Å². The number of phenols is 1. The minimum absolute atomic E-state index is 0.0305. The third-order valence-corrected chi connectivity index (χ3v) is 12.8. The lowest BCUT2D eigenvalue weighted by Crippen LogP contribution is -2.33. The number of anilines is 1. The highest BCUT2D eigenvalue weighted by molar-refractivity contribution is 7.87. The highest BCUT2D eigenvalue weighted by atomic mass is 32.2. The first-order chi connectivity index (χ1) is 32.8. The van der Waals surface area contributed by atoms with E-state index in [2.05, 4.69) is 35.8 Å². The molecule has 29 nitrogen and oxygen atoms in total. The number of carbonyl (C=O) groups excluding carboxylic acids is 1. The van der Waals surface area contributed by atoms with Crippen LogP contribution in [0.3, 0.4) is 0 Å². The number of hydrazone groups is 1. The largest absolute Gasteiger partial charge is 0.505 e. The molecule has 33 heteroatoms. The molecule has 5 aromatic rings. The minimum Gasteiger partial charge on any atom is -0.505 e. The van der Waals surface area contributed by atoms with Crippen LogP contribution in [-0.2, 0) is 50.1 Å². The summed E-state index contributed by atoms with van der Waals surface area (Å²) in [5, 5.41) is 65.7. The van der Waals surface area contributed by atoms with Crippen molar-refractivity contribution in [3.63, 3.8) is 0 Å². The SMILES string of the molecule is COc1ccc(N=Nc2cc(OCCO)c(N=Nc3c(S(=O)(=O)O)cc4c(S(=O)(=O)O)c(N=NC5C(=O)N(c6ccc(S(=O)(=O)O)cc6)N=C5C(=O)O)ccc4c3O)cc2OCCO)c(S(=O)(=O)O)c1. The zero-order valence-electron chi connectivity index (χ0n) is 34.9. The van der Waals surface area contributed by atoms with Gasteiger partial charge in [-0.2, -0.15) is 54.0 Å². The summed E-state index contributed by atoms with van der Waals surface area (Å²) in [5.41, 5.74) is -4.21. The summed E-state index contributed by atoms with van der Waals surface area (Å²) in [5.74, 6) is -4.85. The highest BCUT2D eigenvalue weighted by Gasteiger charge is 2.41. The van der Waals surface area contributed by atoms with Crippen LogP contribution in [0.1, 0.15) is 0 Å². The molecule has 8 N–H and O–H groups in total. The smallest absolute Gasteiger partial charge is 0.355 e. The fourth-order valence-electron chi connectivity index (χ4n) is 6.16. The normalized spacial score (nSPS) is 14.8. The number of aliphatic hydroxyl groups excluding tert-OH is 2. The number of carbonyl (C=O) groups is 2. The van der Waals surface area contributed by atoms with Crippen LogP contribution in [0.15, 0.2) is 128 Å². The van der Waals surface area contributed by atoms with Crippen LogP contribution in [0, 0.1) is 0 Å². The van der Waals surface area contributed by atoms with Crippen LogP contribution in [0.2, 0.25) is 0 Å². The zero-order valence-corrected chi connectivity index (χ0v) is 38.2. The summed E-state index contributed by atoms with van der Waals surface area (Å²) >= 11 is 0. The lowest BCUT2D eigenvalue weighted by atomic mass is 10.1. The quantitative estimate of drug-likeness (QED) is 0.0427. The number of carboxylic acid groups (broad SMARTS) is 1. The number of amides is 1. The Bertz CT molecular complexity index is 3530. The molecule has 1 unspecified atom stereocenters. The molecule has 1 aliphatic rings. The van der Waals surface area contributed by atoms with E-state index in [-0.39, 0.29) is 28.6 Å². The van der Waals surface area contributed by atoms with Gasteiger partial charge in [-0.25, -0.2) is 4.79 Å². The fourth-order valence-corrected chi connectivity index (χ4v) is 8.74. The van der Waals surface area contributed by atoms with Gasteiger partial charge in [0.2, 0.25) is 6.04 Å². The number of rotatable bonds is 19. The van der Waals surface area contributed by atoms with Gasteiger partial charge in [-0.15, -0.1) is 20.5 Å². The maximum absolute atomic E-state index is 13.4. The summed E-state index contributed by atoms with van der Waals surface area (Å²) in [6.07, 6.45) is 0. The number of phenolic OH excluding ortho intramolecular Hbond substituents is 1. The number of azo groups is 3. The maximum Gasteiger partial charge on any atom is 0.355 e. The van der Waals surface area contributed by atoms with Crippen molar-refractivity contribution >= 4 is 103 Å². The summed E-state index contributed by atoms with van der Waals surface area (Å²) < 4.78 is 154. The Balaban J connectivity index is 1.46. The molecule has 0 bridgehead atoms. The Morgan fingerprint density at radius 3 is 1.73 bits per heavy atom. The summed E-state index contributed by atoms with van der Waals surface area (Å²) in [6, 6.07) is 9.11. The number of aromatic hydroxyl groups is 1. The van der Waals surface area contributed by atoms with Gasteiger partial charge < -0.3 is 34.6 Å². The van der Waals surface area contributed by atoms with Gasteiger partial charge in [-0.3, -0.25) is 23.0 Å². The monoisotopic (exact) mass is 1050 g/mol. The second-order valence-electron chi connectivity index (χ2n) is 13.7. The van der Waals surface area contributed by atoms with Gasteiger partial charge in [0.25, 0.3) is 46.4 Å². The van der Waals surface area contributed by atoms with Crippen LogP contribution in [0.5, 0.6) is 23.0 Å². The first-order valence-electron chi connectivity index (χ1n) is 18.8. The molecule has 0 saturated carbocycles. The molecule has 0 aliphatic carbocycles. The van der Waals surface area contributed by atoms with E-state index in [1.807, 2.05) is 0 Å². The topological polar surface area (TPSA) is 450 Å². The number of aliphatic hydroxyl groups is 2. The molecule has 70 heavy (non-hydrogen) atoms. The molecule has 1 amide bonds. The average molecular weight is 1050 g/mol. The standard InChI is InChI=1S/C37H32N8O21S4/c1-64-19-4-8-23(29(14-19)68(55,56)57)38-40-25-16-28(66-13-11-47)26(17-27(25)65-12-10-46)41-42-31-30(69(58,59)60)15-22-21(34(31)48)7-9-24(35(22)70(61,62)63)39-43-32-33(37(50)51)44-45(36(32)49)18-2-5-20(6-3-18)67(52,53)54/h2-9,14-17,32,46-48H,10-13H2,1H3,(H,50,51)(H,52,53,54)(H,55,56,57)(H,58,59,60)(H,61,62,63). The number of carboxylic acids is 1. The third-order valence-electron chi connectivity index (χ3n) is 9.19. The van der Waals surface area contributed by atoms with Crippen LogP contribution >= 0.6 is 0 Å². The predicted molar refractivity (Wildman–Crippen MR) is 235 cm³/mol. The van der Waals surface area contributed by atoms with E-state index in [0.29, 0.717) is 11.1 Å². The molecule has 1 heterocycles. The molecule has 370 valence electrons. The molecule has 5 aromatic carbocycles. The Hall–Kier alpha value is -7.47. The number of methoxy groups -OCH3 is 1. The molecule has 1 atom stereocenters. The Morgan fingerprint density at radius 1 is 0.657 bits per heavy atom. The van der Waals surface area contributed by atoms with Gasteiger partial charge in [0.15, 0.2) is 11.5 Å². The molecule has 0 fully saturated rings. The summed E-state index contributed by atoms with van der Waals surface area (Å²) in [4.78, 5) is 21.5. The lowest BCUT2D eigenvalue weighted by Gasteiger charge is -2.14. The fraction of sp³-hybridized carbons (Fsp3) is 0.162. The van der Waals surface area contributed by atoms with Crippen LogP contribution in [0.4, 0.5) is 34.1 Å². The van der Waals surface area contributed by atoms with E-state index in [9.17, 15) is 81.9 Å². The molecule has 0 aromatic heterocycles. The predicted octanol–water partition coefficient (Wildman–Crippen LogP) is 4.05. The van der Waals surface area contributed by atoms with Gasteiger partial charge in [0.1, 0.15) is 73.6 Å². The second-order valence-corrected chi connectivity index (χ2v) is 19.3.